The van der Waals surface area contributed by atoms with E-state index in [-0.39, 0.29) is 18.1 Å². The van der Waals surface area contributed by atoms with E-state index in [0.717, 1.165) is 15.7 Å². The van der Waals surface area contributed by atoms with Gasteiger partial charge < -0.3 is 5.32 Å². The van der Waals surface area contributed by atoms with Crippen molar-refractivity contribution >= 4 is 39.3 Å². The first kappa shape index (κ1) is 18.6. The van der Waals surface area contributed by atoms with Crippen molar-refractivity contribution in [3.8, 4) is 0 Å². The van der Waals surface area contributed by atoms with Crippen molar-refractivity contribution in [3.05, 3.63) is 63.2 Å². The molecule has 0 aliphatic heterocycles. The minimum Gasteiger partial charge on any atom is -0.309 e. The third-order valence-corrected chi connectivity index (χ3v) is 4.51. The van der Waals surface area contributed by atoms with Crippen LogP contribution in [0.1, 0.15) is 17.7 Å². The molecular formula is C17H16BrClFN5O. The molecule has 1 aromatic carbocycles. The lowest BCUT2D eigenvalue weighted by atomic mass is 10.2. The van der Waals surface area contributed by atoms with Gasteiger partial charge in [-0.1, -0.05) is 17.7 Å². The van der Waals surface area contributed by atoms with Crippen molar-refractivity contribution < 1.29 is 9.18 Å². The number of hydrogen-bond acceptors (Lipinski definition) is 3. The molecule has 136 valence electrons. The highest BCUT2D eigenvalue weighted by Crippen LogP contribution is 2.20. The minimum absolute atomic E-state index is 0.152. The van der Waals surface area contributed by atoms with E-state index in [1.54, 1.807) is 33.9 Å². The van der Waals surface area contributed by atoms with E-state index in [1.807, 2.05) is 6.92 Å². The zero-order chi connectivity index (χ0) is 18.7. The quantitative estimate of drug-likeness (QED) is 0.630. The molecular weight excluding hydrogens is 425 g/mol. The van der Waals surface area contributed by atoms with Crippen molar-refractivity contribution in [1.82, 2.24) is 19.6 Å². The van der Waals surface area contributed by atoms with Crippen LogP contribution in [0, 0.1) is 12.7 Å². The third-order valence-electron chi connectivity index (χ3n) is 3.75. The van der Waals surface area contributed by atoms with Gasteiger partial charge in [0.2, 0.25) is 5.91 Å². The maximum Gasteiger partial charge on any atom is 0.227 e. The SMILES string of the molecule is Cc1cc(NC(=O)CCn2cc(Br)cn2)nn1Cc1ccc(F)cc1Cl. The Bertz CT molecular complexity index is 939. The Balaban J connectivity index is 1.61. The number of nitrogens with one attached hydrogen (secondary N) is 1. The van der Waals surface area contributed by atoms with E-state index in [0.29, 0.717) is 23.9 Å². The summed E-state index contributed by atoms with van der Waals surface area (Å²) in [4.78, 5) is 12.1. The molecule has 2 heterocycles. The predicted octanol–water partition coefficient (Wildman–Crippen LogP) is 4.02. The molecule has 0 radical (unpaired) electrons. The van der Waals surface area contributed by atoms with Gasteiger partial charge in [0, 0.05) is 35.9 Å². The summed E-state index contributed by atoms with van der Waals surface area (Å²) in [6.45, 7) is 2.74. The van der Waals surface area contributed by atoms with E-state index in [4.69, 9.17) is 11.6 Å². The molecule has 0 bridgehead atoms. The topological polar surface area (TPSA) is 64.7 Å². The second kappa shape index (κ2) is 8.01. The first-order valence-electron chi connectivity index (χ1n) is 7.87. The van der Waals surface area contributed by atoms with Gasteiger partial charge in [0.1, 0.15) is 5.82 Å². The summed E-state index contributed by atoms with van der Waals surface area (Å²) in [6, 6.07) is 6.03. The third kappa shape index (κ3) is 4.70. The first-order chi connectivity index (χ1) is 12.4. The normalized spacial score (nSPS) is 10.9. The van der Waals surface area contributed by atoms with Gasteiger partial charge in [-0.2, -0.15) is 10.2 Å². The van der Waals surface area contributed by atoms with E-state index < -0.39 is 0 Å². The number of carbonyl (C=O) groups is 1. The van der Waals surface area contributed by atoms with Crippen molar-refractivity contribution in [2.75, 3.05) is 5.32 Å². The van der Waals surface area contributed by atoms with Crippen LogP contribution in [0.25, 0.3) is 0 Å². The molecule has 2 aromatic heterocycles. The van der Waals surface area contributed by atoms with Crippen LogP contribution in [-0.2, 0) is 17.9 Å². The molecule has 3 aromatic rings. The summed E-state index contributed by atoms with van der Waals surface area (Å²) >= 11 is 9.37. The minimum atomic E-state index is -0.381. The van der Waals surface area contributed by atoms with Gasteiger partial charge >= 0.3 is 0 Å². The molecule has 3 rings (SSSR count). The smallest absolute Gasteiger partial charge is 0.227 e. The number of hydrogen-bond donors (Lipinski definition) is 1. The van der Waals surface area contributed by atoms with Gasteiger partial charge in [0.25, 0.3) is 0 Å². The molecule has 0 aliphatic rings. The van der Waals surface area contributed by atoms with Gasteiger partial charge in [0.05, 0.1) is 17.2 Å². The van der Waals surface area contributed by atoms with Crippen LogP contribution in [0.15, 0.2) is 41.1 Å². The van der Waals surface area contributed by atoms with Gasteiger partial charge in [-0.05, 0) is 40.5 Å². The second-order valence-corrected chi connectivity index (χ2v) is 7.11. The summed E-state index contributed by atoms with van der Waals surface area (Å²) in [7, 11) is 0. The van der Waals surface area contributed by atoms with Crippen molar-refractivity contribution in [2.45, 2.75) is 26.4 Å². The fourth-order valence-corrected chi connectivity index (χ4v) is 2.98. The fraction of sp³-hybridized carbons (Fsp3) is 0.235. The van der Waals surface area contributed by atoms with Crippen LogP contribution in [0.3, 0.4) is 0 Å². The second-order valence-electron chi connectivity index (χ2n) is 5.78. The Morgan fingerprint density at radius 2 is 2.19 bits per heavy atom. The summed E-state index contributed by atoms with van der Waals surface area (Å²) in [5.41, 5.74) is 1.61. The van der Waals surface area contributed by atoms with Crippen LogP contribution in [0.4, 0.5) is 10.2 Å². The Hall–Kier alpha value is -2.19. The number of anilines is 1. The van der Waals surface area contributed by atoms with Crippen molar-refractivity contribution in [2.24, 2.45) is 0 Å². The standard InChI is InChI=1S/C17H16BrClFN5O/c1-11-6-16(22-17(26)4-5-24-10-13(18)8-21-24)23-25(11)9-12-2-3-14(20)7-15(12)19/h2-3,6-8,10H,4-5,9H2,1H3,(H,22,23,26). The van der Waals surface area contributed by atoms with Crippen LogP contribution < -0.4 is 5.32 Å². The largest absolute Gasteiger partial charge is 0.309 e. The Morgan fingerprint density at radius 1 is 1.38 bits per heavy atom. The van der Waals surface area contributed by atoms with Crippen LogP contribution in [0.5, 0.6) is 0 Å². The number of nitrogens with zero attached hydrogens (tertiary/aromatic N) is 4. The number of rotatable bonds is 6. The van der Waals surface area contributed by atoms with Crippen LogP contribution >= 0.6 is 27.5 Å². The molecule has 26 heavy (non-hydrogen) atoms. The van der Waals surface area contributed by atoms with Crippen LogP contribution in [-0.4, -0.2) is 25.5 Å². The molecule has 1 amide bonds. The van der Waals surface area contributed by atoms with Crippen LogP contribution in [0.2, 0.25) is 5.02 Å². The number of carbonyl (C=O) groups excluding carboxylic acids is 1. The summed E-state index contributed by atoms with van der Waals surface area (Å²) in [6.07, 6.45) is 3.76. The lowest BCUT2D eigenvalue weighted by Gasteiger charge is -2.07. The van der Waals surface area contributed by atoms with E-state index in [9.17, 15) is 9.18 Å². The number of aryl methyl sites for hydroxylation is 2. The number of aromatic nitrogens is 4. The molecule has 0 aliphatic carbocycles. The first-order valence-corrected chi connectivity index (χ1v) is 9.04. The fourth-order valence-electron chi connectivity index (χ4n) is 2.42. The Labute approximate surface area is 163 Å². The predicted molar refractivity (Wildman–Crippen MR) is 101 cm³/mol. The zero-order valence-electron chi connectivity index (χ0n) is 13.9. The van der Waals surface area contributed by atoms with E-state index in [1.165, 1.54) is 12.1 Å². The van der Waals surface area contributed by atoms with Crippen molar-refractivity contribution in [3.63, 3.8) is 0 Å². The Kier molecular flexibility index (Phi) is 5.73. The lowest BCUT2D eigenvalue weighted by Crippen LogP contribution is -2.15. The molecule has 9 heteroatoms. The van der Waals surface area contributed by atoms with E-state index >= 15 is 0 Å². The van der Waals surface area contributed by atoms with Gasteiger partial charge in [0.15, 0.2) is 5.82 Å². The Morgan fingerprint density at radius 3 is 2.88 bits per heavy atom. The molecule has 0 fully saturated rings. The molecule has 0 saturated heterocycles. The highest BCUT2D eigenvalue weighted by Gasteiger charge is 2.10. The summed E-state index contributed by atoms with van der Waals surface area (Å²) in [5, 5.41) is 11.6. The molecule has 0 atom stereocenters. The average Bonchev–Trinajstić information content (AvgIpc) is 3.14. The highest BCUT2D eigenvalue weighted by atomic mass is 79.9. The number of amides is 1. The van der Waals surface area contributed by atoms with Gasteiger partial charge in [-0.25, -0.2) is 4.39 Å². The van der Waals surface area contributed by atoms with Crippen molar-refractivity contribution in [1.29, 1.82) is 0 Å². The summed E-state index contributed by atoms with van der Waals surface area (Å²) in [5.74, 6) is -0.0680. The highest BCUT2D eigenvalue weighted by molar-refractivity contribution is 9.10. The molecule has 0 unspecified atom stereocenters. The van der Waals surface area contributed by atoms with Gasteiger partial charge in [-0.15, -0.1) is 0 Å². The molecule has 0 spiro atoms. The average molecular weight is 441 g/mol. The number of benzene rings is 1. The maximum atomic E-state index is 13.1. The zero-order valence-corrected chi connectivity index (χ0v) is 16.3. The van der Waals surface area contributed by atoms with Gasteiger partial charge in [-0.3, -0.25) is 14.2 Å². The monoisotopic (exact) mass is 439 g/mol. The molecule has 1 N–H and O–H groups in total. The summed E-state index contributed by atoms with van der Waals surface area (Å²) < 4.78 is 17.4. The molecule has 0 saturated carbocycles. The molecule has 6 nitrogen and oxygen atoms in total. The maximum absolute atomic E-state index is 13.1. The number of halogens is 3. The lowest BCUT2D eigenvalue weighted by molar-refractivity contribution is -0.116. The van der Waals surface area contributed by atoms with E-state index in [2.05, 4.69) is 31.4 Å².